The maximum absolute atomic E-state index is 13.0. The minimum absolute atomic E-state index is 0.263. The number of fused-ring (bicyclic) bond motifs is 1. The molecule has 1 aromatic carbocycles. The Bertz CT molecular complexity index is 796. The predicted molar refractivity (Wildman–Crippen MR) is 70.9 cm³/mol. The average Bonchev–Trinajstić information content (AvgIpc) is 2.93. The van der Waals surface area contributed by atoms with Crippen LogP contribution in [0.25, 0.3) is 22.0 Å². The van der Waals surface area contributed by atoms with Crippen LogP contribution in [0.5, 0.6) is 5.88 Å². The Morgan fingerprint density at radius 3 is 2.71 bits per heavy atom. The van der Waals surface area contributed by atoms with Crippen molar-refractivity contribution in [2.24, 2.45) is 0 Å². The summed E-state index contributed by atoms with van der Waals surface area (Å²) in [6.45, 7) is 0. The smallest absolute Gasteiger partial charge is 0.416 e. The van der Waals surface area contributed by atoms with Crippen molar-refractivity contribution in [3.63, 3.8) is 0 Å². The number of ether oxygens (including phenoxy) is 1. The molecule has 0 amide bonds. The molecule has 0 aliphatic carbocycles. The highest BCUT2D eigenvalue weighted by Crippen LogP contribution is 2.38. The van der Waals surface area contributed by atoms with Crippen molar-refractivity contribution in [2.75, 3.05) is 7.11 Å². The maximum atomic E-state index is 13.0. The predicted octanol–water partition coefficient (Wildman–Crippen LogP) is 3.65. The van der Waals surface area contributed by atoms with Gasteiger partial charge in [-0.2, -0.15) is 18.3 Å². The van der Waals surface area contributed by atoms with E-state index in [4.69, 9.17) is 4.74 Å². The number of hydrogen-bond acceptors (Lipinski definition) is 3. The Labute approximate surface area is 117 Å². The van der Waals surface area contributed by atoms with Gasteiger partial charge in [-0.05, 0) is 29.8 Å². The molecule has 0 bridgehead atoms. The number of nitrogens with zero attached hydrogens (tertiary/aromatic N) is 2. The second kappa shape index (κ2) is 4.76. The molecule has 4 nitrogen and oxygen atoms in total. The maximum Gasteiger partial charge on any atom is 0.416 e. The van der Waals surface area contributed by atoms with Gasteiger partial charge in [0.05, 0.1) is 24.4 Å². The van der Waals surface area contributed by atoms with Crippen LogP contribution in [-0.4, -0.2) is 22.3 Å². The number of alkyl halides is 3. The zero-order valence-corrected chi connectivity index (χ0v) is 10.9. The van der Waals surface area contributed by atoms with Gasteiger partial charge in [-0.25, -0.2) is 4.98 Å². The van der Waals surface area contributed by atoms with Gasteiger partial charge < -0.3 is 4.74 Å². The molecule has 3 aromatic rings. The molecule has 1 N–H and O–H groups in total. The average molecular weight is 293 g/mol. The summed E-state index contributed by atoms with van der Waals surface area (Å²) >= 11 is 0. The van der Waals surface area contributed by atoms with Crippen LogP contribution in [0.15, 0.2) is 36.7 Å². The number of pyridine rings is 1. The third kappa shape index (κ3) is 2.31. The molecule has 0 radical (unpaired) electrons. The highest BCUT2D eigenvalue weighted by Gasteiger charge is 2.32. The third-order valence-corrected chi connectivity index (χ3v) is 3.14. The van der Waals surface area contributed by atoms with E-state index in [-0.39, 0.29) is 5.88 Å². The van der Waals surface area contributed by atoms with Gasteiger partial charge in [-0.15, -0.1) is 0 Å². The van der Waals surface area contributed by atoms with Gasteiger partial charge in [0.15, 0.2) is 0 Å². The minimum atomic E-state index is -4.44. The fourth-order valence-electron chi connectivity index (χ4n) is 2.20. The summed E-state index contributed by atoms with van der Waals surface area (Å²) < 4.78 is 44.2. The number of aromatic amines is 1. The summed E-state index contributed by atoms with van der Waals surface area (Å²) in [7, 11) is 1.42. The normalized spacial score (nSPS) is 11.8. The third-order valence-electron chi connectivity index (χ3n) is 3.14. The van der Waals surface area contributed by atoms with Crippen molar-refractivity contribution in [1.82, 2.24) is 15.2 Å². The van der Waals surface area contributed by atoms with Crippen LogP contribution >= 0.6 is 0 Å². The molecular weight excluding hydrogens is 283 g/mol. The Kier molecular flexibility index (Phi) is 3.04. The van der Waals surface area contributed by atoms with Gasteiger partial charge in [-0.1, -0.05) is 0 Å². The summed E-state index contributed by atoms with van der Waals surface area (Å²) in [4.78, 5) is 4.02. The van der Waals surface area contributed by atoms with Crippen LogP contribution in [-0.2, 0) is 6.18 Å². The SMILES string of the molecule is COc1ncccc1-c1cc(C(F)(F)F)cc2[nH]ncc12. The van der Waals surface area contributed by atoms with Crippen molar-refractivity contribution in [3.8, 4) is 17.0 Å². The zero-order chi connectivity index (χ0) is 15.0. The monoisotopic (exact) mass is 293 g/mol. The molecule has 21 heavy (non-hydrogen) atoms. The number of aromatic nitrogens is 3. The van der Waals surface area contributed by atoms with Gasteiger partial charge in [-0.3, -0.25) is 5.10 Å². The van der Waals surface area contributed by atoms with E-state index in [2.05, 4.69) is 15.2 Å². The van der Waals surface area contributed by atoms with Crippen LogP contribution in [0.4, 0.5) is 13.2 Å². The summed E-state index contributed by atoms with van der Waals surface area (Å²) in [6.07, 6.45) is -1.44. The Morgan fingerprint density at radius 1 is 1.19 bits per heavy atom. The van der Waals surface area contributed by atoms with Crippen LogP contribution in [0, 0.1) is 0 Å². The number of benzene rings is 1. The Balaban J connectivity index is 2.33. The van der Waals surface area contributed by atoms with Crippen molar-refractivity contribution >= 4 is 10.9 Å². The molecule has 2 heterocycles. The topological polar surface area (TPSA) is 50.8 Å². The molecule has 0 fully saturated rings. The second-order valence-corrected chi connectivity index (χ2v) is 4.41. The van der Waals surface area contributed by atoms with Crippen molar-refractivity contribution in [2.45, 2.75) is 6.18 Å². The molecule has 0 aliphatic heterocycles. The first kappa shape index (κ1) is 13.4. The van der Waals surface area contributed by atoms with Crippen molar-refractivity contribution in [3.05, 3.63) is 42.2 Å². The molecule has 3 rings (SSSR count). The van der Waals surface area contributed by atoms with Crippen molar-refractivity contribution < 1.29 is 17.9 Å². The number of rotatable bonds is 2. The van der Waals surface area contributed by atoms with Crippen LogP contribution in [0.3, 0.4) is 0 Å². The lowest BCUT2D eigenvalue weighted by Gasteiger charge is -2.12. The lowest BCUT2D eigenvalue weighted by molar-refractivity contribution is -0.137. The van der Waals surface area contributed by atoms with E-state index in [1.165, 1.54) is 19.5 Å². The molecule has 7 heteroatoms. The standard InChI is InChI=1S/C14H10F3N3O/c1-21-13-9(3-2-4-18-13)10-5-8(14(15,16)17)6-12-11(10)7-19-20-12/h2-7H,1H3,(H,19,20). The largest absolute Gasteiger partial charge is 0.481 e. The molecular formula is C14H10F3N3O. The number of hydrogen-bond donors (Lipinski definition) is 1. The summed E-state index contributed by atoms with van der Waals surface area (Å²) in [5.74, 6) is 0.263. The van der Waals surface area contributed by atoms with Crippen LogP contribution < -0.4 is 4.74 Å². The van der Waals surface area contributed by atoms with E-state index >= 15 is 0 Å². The van der Waals surface area contributed by atoms with Crippen LogP contribution in [0.1, 0.15) is 5.56 Å². The van der Waals surface area contributed by atoms with E-state index in [0.29, 0.717) is 22.0 Å². The van der Waals surface area contributed by atoms with Gasteiger partial charge in [0.1, 0.15) is 0 Å². The van der Waals surface area contributed by atoms with Crippen molar-refractivity contribution in [1.29, 1.82) is 0 Å². The number of nitrogens with one attached hydrogen (secondary N) is 1. The van der Waals surface area contributed by atoms with E-state index in [0.717, 1.165) is 12.1 Å². The lowest BCUT2D eigenvalue weighted by atomic mass is 10.00. The van der Waals surface area contributed by atoms with Gasteiger partial charge >= 0.3 is 6.18 Å². The van der Waals surface area contributed by atoms with Crippen LogP contribution in [0.2, 0.25) is 0 Å². The molecule has 0 aliphatic rings. The summed E-state index contributed by atoms with van der Waals surface area (Å²) in [6, 6.07) is 5.42. The number of halogens is 3. The fraction of sp³-hybridized carbons (Fsp3) is 0.143. The first-order valence-corrected chi connectivity index (χ1v) is 6.04. The molecule has 0 unspecified atom stereocenters. The molecule has 0 saturated heterocycles. The second-order valence-electron chi connectivity index (χ2n) is 4.41. The van der Waals surface area contributed by atoms with E-state index < -0.39 is 11.7 Å². The molecule has 108 valence electrons. The summed E-state index contributed by atoms with van der Waals surface area (Å²) in [5, 5.41) is 6.96. The van der Waals surface area contributed by atoms with Gasteiger partial charge in [0, 0.05) is 17.1 Å². The molecule has 2 aromatic heterocycles. The lowest BCUT2D eigenvalue weighted by Crippen LogP contribution is -2.05. The summed E-state index contributed by atoms with van der Waals surface area (Å²) in [5.41, 5.74) is 0.418. The fourth-order valence-corrected chi connectivity index (χ4v) is 2.20. The first-order chi connectivity index (χ1) is 10.0. The Hall–Kier alpha value is -2.57. The zero-order valence-electron chi connectivity index (χ0n) is 10.9. The minimum Gasteiger partial charge on any atom is -0.481 e. The quantitative estimate of drug-likeness (QED) is 0.784. The molecule has 0 spiro atoms. The number of methoxy groups -OCH3 is 1. The van der Waals surface area contributed by atoms with E-state index in [9.17, 15) is 13.2 Å². The van der Waals surface area contributed by atoms with Gasteiger partial charge in [0.2, 0.25) is 5.88 Å². The Morgan fingerprint density at radius 2 is 2.00 bits per heavy atom. The molecule has 0 atom stereocenters. The van der Waals surface area contributed by atoms with E-state index in [1.807, 2.05) is 0 Å². The van der Waals surface area contributed by atoms with E-state index in [1.54, 1.807) is 12.1 Å². The number of H-pyrrole nitrogens is 1. The van der Waals surface area contributed by atoms with Gasteiger partial charge in [0.25, 0.3) is 0 Å². The molecule has 0 saturated carbocycles. The highest BCUT2D eigenvalue weighted by atomic mass is 19.4. The first-order valence-electron chi connectivity index (χ1n) is 6.04. The highest BCUT2D eigenvalue weighted by molar-refractivity contribution is 5.96.